The monoisotopic (exact) mass is 306 g/mol. The SMILES string of the molecule is COc1ccc(NC(=O)C(C)Oc2ccc(Cl)cc2)cn1. The Bertz CT molecular complexity index is 599. The van der Waals surface area contributed by atoms with Crippen molar-refractivity contribution in [2.24, 2.45) is 0 Å². The number of rotatable bonds is 5. The molecule has 0 aliphatic rings. The molecule has 1 aromatic heterocycles. The molecule has 1 unspecified atom stereocenters. The molecule has 1 N–H and O–H groups in total. The van der Waals surface area contributed by atoms with E-state index in [1.807, 2.05) is 0 Å². The maximum atomic E-state index is 12.0. The number of halogens is 1. The molecule has 0 radical (unpaired) electrons. The van der Waals surface area contributed by atoms with Crippen LogP contribution in [0.15, 0.2) is 42.6 Å². The van der Waals surface area contributed by atoms with Crippen LogP contribution in [0.5, 0.6) is 11.6 Å². The highest BCUT2D eigenvalue weighted by molar-refractivity contribution is 6.30. The maximum absolute atomic E-state index is 12.0. The van der Waals surface area contributed by atoms with Crippen LogP contribution < -0.4 is 14.8 Å². The lowest BCUT2D eigenvalue weighted by molar-refractivity contribution is -0.122. The number of carbonyl (C=O) groups excluding carboxylic acids is 1. The fraction of sp³-hybridized carbons (Fsp3) is 0.200. The van der Waals surface area contributed by atoms with Crippen LogP contribution in [0.2, 0.25) is 5.02 Å². The molecule has 1 atom stereocenters. The molecular formula is C15H15ClN2O3. The molecule has 21 heavy (non-hydrogen) atoms. The number of aromatic nitrogens is 1. The van der Waals surface area contributed by atoms with Gasteiger partial charge in [0.25, 0.3) is 5.91 Å². The van der Waals surface area contributed by atoms with E-state index in [1.165, 1.54) is 13.3 Å². The van der Waals surface area contributed by atoms with E-state index in [0.29, 0.717) is 22.3 Å². The number of methoxy groups -OCH3 is 1. The second-order valence-corrected chi connectivity index (χ2v) is 4.73. The van der Waals surface area contributed by atoms with Gasteiger partial charge in [-0.3, -0.25) is 4.79 Å². The van der Waals surface area contributed by atoms with Crippen molar-refractivity contribution in [1.29, 1.82) is 0 Å². The van der Waals surface area contributed by atoms with Gasteiger partial charge in [0.2, 0.25) is 5.88 Å². The van der Waals surface area contributed by atoms with Crippen LogP contribution in [0, 0.1) is 0 Å². The van der Waals surface area contributed by atoms with E-state index in [-0.39, 0.29) is 5.91 Å². The van der Waals surface area contributed by atoms with E-state index >= 15 is 0 Å². The highest BCUT2D eigenvalue weighted by Crippen LogP contribution is 2.17. The molecule has 0 aliphatic heterocycles. The molecule has 1 amide bonds. The normalized spacial score (nSPS) is 11.6. The van der Waals surface area contributed by atoms with Gasteiger partial charge in [-0.25, -0.2) is 4.98 Å². The van der Waals surface area contributed by atoms with Crippen LogP contribution in [0.1, 0.15) is 6.92 Å². The first-order chi connectivity index (χ1) is 10.1. The summed E-state index contributed by atoms with van der Waals surface area (Å²) in [6.07, 6.45) is 0.874. The van der Waals surface area contributed by atoms with Crippen LogP contribution in [0.4, 0.5) is 5.69 Å². The zero-order valence-corrected chi connectivity index (χ0v) is 12.4. The Morgan fingerprint density at radius 1 is 1.24 bits per heavy atom. The number of hydrogen-bond donors (Lipinski definition) is 1. The predicted octanol–water partition coefficient (Wildman–Crippen LogP) is 3.15. The zero-order chi connectivity index (χ0) is 15.2. The molecule has 1 heterocycles. The second-order valence-electron chi connectivity index (χ2n) is 4.29. The third-order valence-electron chi connectivity index (χ3n) is 2.71. The molecular weight excluding hydrogens is 292 g/mol. The van der Waals surface area contributed by atoms with Crippen molar-refractivity contribution in [2.75, 3.05) is 12.4 Å². The van der Waals surface area contributed by atoms with E-state index < -0.39 is 6.10 Å². The van der Waals surface area contributed by atoms with Gasteiger partial charge in [-0.15, -0.1) is 0 Å². The topological polar surface area (TPSA) is 60.5 Å². The molecule has 0 saturated carbocycles. The van der Waals surface area contributed by atoms with Crippen LogP contribution in [0.3, 0.4) is 0 Å². The Morgan fingerprint density at radius 3 is 2.52 bits per heavy atom. The van der Waals surface area contributed by atoms with E-state index in [0.717, 1.165) is 0 Å². The van der Waals surface area contributed by atoms with Crippen molar-refractivity contribution < 1.29 is 14.3 Å². The Morgan fingerprint density at radius 2 is 1.95 bits per heavy atom. The molecule has 0 bridgehead atoms. The quantitative estimate of drug-likeness (QED) is 0.922. The van der Waals surface area contributed by atoms with Crippen molar-refractivity contribution in [2.45, 2.75) is 13.0 Å². The average molecular weight is 307 g/mol. The Hall–Kier alpha value is -2.27. The van der Waals surface area contributed by atoms with E-state index in [2.05, 4.69) is 10.3 Å². The number of carbonyl (C=O) groups is 1. The number of benzene rings is 1. The summed E-state index contributed by atoms with van der Waals surface area (Å²) < 4.78 is 10.5. The van der Waals surface area contributed by atoms with Crippen LogP contribution in [-0.4, -0.2) is 24.1 Å². The first kappa shape index (κ1) is 15.1. The maximum Gasteiger partial charge on any atom is 0.265 e. The zero-order valence-electron chi connectivity index (χ0n) is 11.7. The molecule has 5 nitrogen and oxygen atoms in total. The molecule has 110 valence electrons. The van der Waals surface area contributed by atoms with E-state index in [1.54, 1.807) is 43.3 Å². The molecule has 6 heteroatoms. The number of nitrogens with one attached hydrogen (secondary N) is 1. The number of nitrogens with zero attached hydrogens (tertiary/aromatic N) is 1. The van der Waals surface area contributed by atoms with Crippen LogP contribution in [-0.2, 0) is 4.79 Å². The van der Waals surface area contributed by atoms with Crippen molar-refractivity contribution in [3.05, 3.63) is 47.6 Å². The van der Waals surface area contributed by atoms with Gasteiger partial charge in [0.05, 0.1) is 19.0 Å². The molecule has 0 fully saturated rings. The fourth-order valence-corrected chi connectivity index (χ4v) is 1.72. The summed E-state index contributed by atoms with van der Waals surface area (Å²) in [5.74, 6) is 0.797. The molecule has 1 aromatic carbocycles. The first-order valence-electron chi connectivity index (χ1n) is 6.31. The standard InChI is InChI=1S/C15H15ClN2O3/c1-10(21-13-6-3-11(16)4-7-13)15(19)18-12-5-8-14(20-2)17-9-12/h3-10H,1-2H3,(H,18,19). The smallest absolute Gasteiger partial charge is 0.265 e. The van der Waals surface area contributed by atoms with Crippen molar-refractivity contribution in [3.8, 4) is 11.6 Å². The minimum Gasteiger partial charge on any atom is -0.481 e. The van der Waals surface area contributed by atoms with Crippen LogP contribution in [0.25, 0.3) is 0 Å². The minimum atomic E-state index is -0.645. The van der Waals surface area contributed by atoms with E-state index in [9.17, 15) is 4.79 Å². The third kappa shape index (κ3) is 4.36. The number of pyridine rings is 1. The average Bonchev–Trinajstić information content (AvgIpc) is 2.50. The van der Waals surface area contributed by atoms with Gasteiger partial charge in [-0.1, -0.05) is 11.6 Å². The lowest BCUT2D eigenvalue weighted by Crippen LogP contribution is -2.30. The summed E-state index contributed by atoms with van der Waals surface area (Å²) in [4.78, 5) is 16.0. The molecule has 2 aromatic rings. The highest BCUT2D eigenvalue weighted by Gasteiger charge is 2.15. The number of hydrogen-bond acceptors (Lipinski definition) is 4. The Kier molecular flexibility index (Phi) is 5.00. The van der Waals surface area contributed by atoms with Gasteiger partial charge in [0.1, 0.15) is 5.75 Å². The summed E-state index contributed by atoms with van der Waals surface area (Å²) >= 11 is 5.79. The Labute approximate surface area is 127 Å². The highest BCUT2D eigenvalue weighted by atomic mass is 35.5. The lowest BCUT2D eigenvalue weighted by atomic mass is 10.3. The minimum absolute atomic E-state index is 0.267. The first-order valence-corrected chi connectivity index (χ1v) is 6.69. The van der Waals surface area contributed by atoms with Crippen LogP contribution >= 0.6 is 11.6 Å². The van der Waals surface area contributed by atoms with Gasteiger partial charge >= 0.3 is 0 Å². The van der Waals surface area contributed by atoms with Crippen molar-refractivity contribution in [1.82, 2.24) is 4.98 Å². The van der Waals surface area contributed by atoms with Crippen molar-refractivity contribution >= 4 is 23.2 Å². The van der Waals surface area contributed by atoms with Gasteiger partial charge in [-0.2, -0.15) is 0 Å². The summed E-state index contributed by atoms with van der Waals surface area (Å²) in [5.41, 5.74) is 0.576. The third-order valence-corrected chi connectivity index (χ3v) is 2.96. The van der Waals surface area contributed by atoms with Gasteiger partial charge in [0.15, 0.2) is 6.10 Å². The summed E-state index contributed by atoms with van der Waals surface area (Å²) in [7, 11) is 1.53. The summed E-state index contributed by atoms with van der Waals surface area (Å²) in [6.45, 7) is 1.67. The number of amides is 1. The lowest BCUT2D eigenvalue weighted by Gasteiger charge is -2.14. The van der Waals surface area contributed by atoms with E-state index in [4.69, 9.17) is 21.1 Å². The molecule has 0 saturated heterocycles. The second kappa shape index (κ2) is 6.95. The van der Waals surface area contributed by atoms with Gasteiger partial charge in [0, 0.05) is 11.1 Å². The van der Waals surface area contributed by atoms with Crippen molar-refractivity contribution in [3.63, 3.8) is 0 Å². The summed E-state index contributed by atoms with van der Waals surface area (Å²) in [6, 6.07) is 10.2. The van der Waals surface area contributed by atoms with Gasteiger partial charge in [-0.05, 0) is 37.3 Å². The molecule has 2 rings (SSSR count). The number of anilines is 1. The Balaban J connectivity index is 1.93. The van der Waals surface area contributed by atoms with Gasteiger partial charge < -0.3 is 14.8 Å². The largest absolute Gasteiger partial charge is 0.481 e. The fourth-order valence-electron chi connectivity index (χ4n) is 1.59. The molecule has 0 aliphatic carbocycles. The number of ether oxygens (including phenoxy) is 2. The molecule has 0 spiro atoms. The predicted molar refractivity (Wildman–Crippen MR) is 81.0 cm³/mol. The summed E-state index contributed by atoms with van der Waals surface area (Å²) in [5, 5.41) is 3.33.